The molecular weight excluding hydrogens is 235 g/mol. The van der Waals surface area contributed by atoms with E-state index in [2.05, 4.69) is 5.32 Å². The number of nitrogens with zero attached hydrogens (tertiary/aromatic N) is 2. The fraction of sp³-hybridized carbons (Fsp3) is 0.800. The molecule has 98 valence electrons. The van der Waals surface area contributed by atoms with Crippen molar-refractivity contribution in [1.29, 1.82) is 5.26 Å². The van der Waals surface area contributed by atoms with Crippen molar-refractivity contribution < 1.29 is 18.0 Å². The first kappa shape index (κ1) is 15.7. The highest BCUT2D eigenvalue weighted by atomic mass is 19.4. The fourth-order valence-electron chi connectivity index (χ4n) is 1.40. The first-order valence-electron chi connectivity index (χ1n) is 5.08. The number of halogens is 3. The van der Waals surface area contributed by atoms with E-state index >= 15 is 0 Å². The van der Waals surface area contributed by atoms with Crippen molar-refractivity contribution in [2.75, 3.05) is 27.2 Å². The average molecular weight is 251 g/mol. The van der Waals surface area contributed by atoms with E-state index in [4.69, 9.17) is 5.26 Å². The predicted molar refractivity (Wildman–Crippen MR) is 55.9 cm³/mol. The number of hydrogen-bond acceptors (Lipinski definition) is 3. The van der Waals surface area contributed by atoms with E-state index in [1.165, 1.54) is 25.1 Å². The van der Waals surface area contributed by atoms with Gasteiger partial charge in [0.2, 0.25) is 5.91 Å². The highest BCUT2D eigenvalue weighted by Crippen LogP contribution is 2.26. The number of nitrogens with one attached hydrogen (secondary N) is 1. The van der Waals surface area contributed by atoms with E-state index < -0.39 is 24.6 Å². The molecule has 0 aromatic carbocycles. The maximum absolute atomic E-state index is 12.3. The van der Waals surface area contributed by atoms with E-state index in [0.29, 0.717) is 0 Å². The standard InChI is InChI=1S/C10H16F3N3O/c1-7(9(17)15-2)5-16(3)6-8(4-14)10(11,12)13/h7-8H,5-6H2,1-3H3,(H,15,17). The zero-order chi connectivity index (χ0) is 13.6. The SMILES string of the molecule is CNC(=O)C(C)CN(C)CC(C#N)C(F)(F)F. The largest absolute Gasteiger partial charge is 0.405 e. The Morgan fingerprint density at radius 1 is 1.47 bits per heavy atom. The molecule has 0 radical (unpaired) electrons. The van der Waals surface area contributed by atoms with Crippen LogP contribution in [0.5, 0.6) is 0 Å². The van der Waals surface area contributed by atoms with Gasteiger partial charge < -0.3 is 10.2 Å². The Morgan fingerprint density at radius 3 is 2.35 bits per heavy atom. The molecule has 0 aliphatic carbocycles. The normalized spacial score (nSPS) is 15.2. The van der Waals surface area contributed by atoms with Gasteiger partial charge in [-0.05, 0) is 7.05 Å². The number of nitriles is 1. The van der Waals surface area contributed by atoms with Crippen molar-refractivity contribution >= 4 is 5.91 Å². The van der Waals surface area contributed by atoms with E-state index in [-0.39, 0.29) is 12.5 Å². The van der Waals surface area contributed by atoms with Crippen LogP contribution in [0, 0.1) is 23.2 Å². The molecule has 0 aliphatic rings. The van der Waals surface area contributed by atoms with Crippen LogP contribution in [0.1, 0.15) is 6.92 Å². The minimum atomic E-state index is -4.53. The summed E-state index contributed by atoms with van der Waals surface area (Å²) < 4.78 is 36.9. The summed E-state index contributed by atoms with van der Waals surface area (Å²) in [5.41, 5.74) is 0. The number of rotatable bonds is 5. The van der Waals surface area contributed by atoms with Crippen LogP contribution >= 0.6 is 0 Å². The predicted octanol–water partition coefficient (Wildman–Crippen LogP) is 1.00. The minimum absolute atomic E-state index is 0.175. The summed E-state index contributed by atoms with van der Waals surface area (Å²) in [7, 11) is 2.92. The molecule has 1 amide bonds. The second-order valence-corrected chi connectivity index (χ2v) is 3.96. The van der Waals surface area contributed by atoms with E-state index in [9.17, 15) is 18.0 Å². The highest BCUT2D eigenvalue weighted by molar-refractivity contribution is 5.78. The molecule has 0 aliphatic heterocycles. The Bertz CT molecular complexity index is 298. The van der Waals surface area contributed by atoms with Crippen LogP contribution < -0.4 is 5.32 Å². The summed E-state index contributed by atoms with van der Waals surface area (Å²) in [6.07, 6.45) is -4.53. The molecule has 0 rings (SSSR count). The van der Waals surface area contributed by atoms with Crippen molar-refractivity contribution in [1.82, 2.24) is 10.2 Å². The third-order valence-electron chi connectivity index (χ3n) is 2.32. The van der Waals surface area contributed by atoms with E-state index in [1.54, 1.807) is 6.92 Å². The topological polar surface area (TPSA) is 56.1 Å². The second-order valence-electron chi connectivity index (χ2n) is 3.96. The molecule has 4 nitrogen and oxygen atoms in total. The maximum atomic E-state index is 12.3. The molecule has 0 saturated heterocycles. The molecule has 17 heavy (non-hydrogen) atoms. The molecule has 0 spiro atoms. The van der Waals surface area contributed by atoms with Crippen molar-refractivity contribution in [3.8, 4) is 6.07 Å². The fourth-order valence-corrected chi connectivity index (χ4v) is 1.40. The van der Waals surface area contributed by atoms with Crippen LogP contribution in [-0.4, -0.2) is 44.2 Å². The van der Waals surface area contributed by atoms with Gasteiger partial charge in [-0.2, -0.15) is 18.4 Å². The molecule has 0 heterocycles. The molecule has 7 heteroatoms. The van der Waals surface area contributed by atoms with Gasteiger partial charge in [-0.3, -0.25) is 4.79 Å². The molecule has 0 fully saturated rings. The number of alkyl halides is 3. The van der Waals surface area contributed by atoms with E-state index in [1.807, 2.05) is 0 Å². The van der Waals surface area contributed by atoms with Crippen molar-refractivity contribution in [2.45, 2.75) is 13.1 Å². The smallest absolute Gasteiger partial charge is 0.359 e. The molecule has 0 saturated carbocycles. The Morgan fingerprint density at radius 2 is 2.00 bits per heavy atom. The number of carbonyl (C=O) groups excluding carboxylic acids is 1. The van der Waals surface area contributed by atoms with Crippen LogP contribution in [0.25, 0.3) is 0 Å². The van der Waals surface area contributed by atoms with Crippen molar-refractivity contribution in [3.05, 3.63) is 0 Å². The lowest BCUT2D eigenvalue weighted by Gasteiger charge is -2.23. The highest BCUT2D eigenvalue weighted by Gasteiger charge is 2.40. The quantitative estimate of drug-likeness (QED) is 0.793. The first-order valence-corrected chi connectivity index (χ1v) is 5.08. The first-order chi connectivity index (χ1) is 7.72. The zero-order valence-corrected chi connectivity index (χ0v) is 10.0. The van der Waals surface area contributed by atoms with Crippen LogP contribution in [0.4, 0.5) is 13.2 Å². The second kappa shape index (κ2) is 6.45. The van der Waals surface area contributed by atoms with Crippen molar-refractivity contribution in [3.63, 3.8) is 0 Å². The van der Waals surface area contributed by atoms with Gasteiger partial charge in [-0.15, -0.1) is 0 Å². The molecule has 0 aromatic heterocycles. The molecule has 1 N–H and O–H groups in total. The molecular formula is C10H16F3N3O. The summed E-state index contributed by atoms with van der Waals surface area (Å²) in [5.74, 6) is -2.68. The zero-order valence-electron chi connectivity index (χ0n) is 10.0. The Hall–Kier alpha value is -1.29. The summed E-state index contributed by atoms with van der Waals surface area (Å²) in [6.45, 7) is 1.36. The van der Waals surface area contributed by atoms with Gasteiger partial charge in [0.1, 0.15) is 0 Å². The van der Waals surface area contributed by atoms with Gasteiger partial charge in [-0.25, -0.2) is 0 Å². The Labute approximate surface area is 98.4 Å². The molecule has 0 bridgehead atoms. The summed E-state index contributed by atoms with van der Waals surface area (Å²) >= 11 is 0. The van der Waals surface area contributed by atoms with Gasteiger partial charge >= 0.3 is 6.18 Å². The van der Waals surface area contributed by atoms with Gasteiger partial charge in [0.25, 0.3) is 0 Å². The summed E-state index contributed by atoms with van der Waals surface area (Å²) in [4.78, 5) is 12.5. The molecule has 2 atom stereocenters. The number of amides is 1. The summed E-state index contributed by atoms with van der Waals surface area (Å²) in [6, 6.07) is 1.22. The molecule has 2 unspecified atom stereocenters. The molecule has 0 aromatic rings. The van der Waals surface area contributed by atoms with Crippen LogP contribution in [0.2, 0.25) is 0 Å². The van der Waals surface area contributed by atoms with Crippen LogP contribution in [-0.2, 0) is 4.79 Å². The van der Waals surface area contributed by atoms with Gasteiger partial charge in [0.05, 0.1) is 6.07 Å². The number of carbonyl (C=O) groups is 1. The average Bonchev–Trinajstić information content (AvgIpc) is 2.22. The van der Waals surface area contributed by atoms with Gasteiger partial charge in [0, 0.05) is 26.1 Å². The Kier molecular flexibility index (Phi) is 5.96. The lowest BCUT2D eigenvalue weighted by molar-refractivity contribution is -0.162. The van der Waals surface area contributed by atoms with Gasteiger partial charge in [-0.1, -0.05) is 6.92 Å². The van der Waals surface area contributed by atoms with Crippen LogP contribution in [0.15, 0.2) is 0 Å². The van der Waals surface area contributed by atoms with Gasteiger partial charge in [0.15, 0.2) is 5.92 Å². The number of hydrogen-bond donors (Lipinski definition) is 1. The maximum Gasteiger partial charge on any atom is 0.405 e. The lowest BCUT2D eigenvalue weighted by Crippen LogP contribution is -2.39. The Balaban J connectivity index is 4.31. The third-order valence-corrected chi connectivity index (χ3v) is 2.32. The third kappa shape index (κ3) is 5.54. The summed E-state index contributed by atoms with van der Waals surface area (Å²) in [5, 5.41) is 10.8. The van der Waals surface area contributed by atoms with E-state index in [0.717, 1.165) is 0 Å². The minimum Gasteiger partial charge on any atom is -0.359 e. The lowest BCUT2D eigenvalue weighted by atomic mass is 10.1. The monoisotopic (exact) mass is 251 g/mol. The van der Waals surface area contributed by atoms with Crippen molar-refractivity contribution in [2.24, 2.45) is 11.8 Å². The van der Waals surface area contributed by atoms with Crippen LogP contribution in [0.3, 0.4) is 0 Å².